The summed E-state index contributed by atoms with van der Waals surface area (Å²) in [7, 11) is -3.36. The average Bonchev–Trinajstić information content (AvgIpc) is 3.19. The molecular formula is C22H20N4O3S. The summed E-state index contributed by atoms with van der Waals surface area (Å²) in [6.07, 6.45) is 4.30. The van der Waals surface area contributed by atoms with Gasteiger partial charge in [-0.1, -0.05) is 18.2 Å². The van der Waals surface area contributed by atoms with Crippen LogP contribution in [-0.2, 0) is 9.84 Å². The van der Waals surface area contributed by atoms with Crippen LogP contribution in [0.3, 0.4) is 0 Å². The highest BCUT2D eigenvalue weighted by Crippen LogP contribution is 2.23. The second kappa shape index (κ2) is 7.38. The number of aryl methyl sites for hydroxylation is 1. The summed E-state index contributed by atoms with van der Waals surface area (Å²) in [6.45, 7) is 4.02. The van der Waals surface area contributed by atoms with E-state index >= 15 is 0 Å². The Morgan fingerprint density at radius 2 is 1.73 bits per heavy atom. The molecule has 2 aromatic carbocycles. The molecule has 2 heterocycles. The van der Waals surface area contributed by atoms with E-state index in [1.807, 2.05) is 32.0 Å². The maximum absolute atomic E-state index is 12.6. The second-order valence-corrected chi connectivity index (χ2v) is 9.11. The van der Waals surface area contributed by atoms with Crippen molar-refractivity contribution in [3.05, 3.63) is 88.3 Å². The zero-order chi connectivity index (χ0) is 21.5. The molecule has 0 aliphatic carbocycles. The van der Waals surface area contributed by atoms with Gasteiger partial charge in [-0.25, -0.2) is 17.8 Å². The molecule has 0 saturated heterocycles. The summed E-state index contributed by atoms with van der Waals surface area (Å²) in [6, 6.07) is 15.5. The summed E-state index contributed by atoms with van der Waals surface area (Å²) in [5.41, 5.74) is 4.10. The van der Waals surface area contributed by atoms with E-state index in [1.54, 1.807) is 29.1 Å². The van der Waals surface area contributed by atoms with Crippen molar-refractivity contribution < 1.29 is 8.42 Å². The minimum absolute atomic E-state index is 0.183. The van der Waals surface area contributed by atoms with Gasteiger partial charge in [0.2, 0.25) is 5.43 Å². The van der Waals surface area contributed by atoms with Gasteiger partial charge >= 0.3 is 0 Å². The molecule has 7 nitrogen and oxygen atoms in total. The highest BCUT2D eigenvalue weighted by Gasteiger charge is 2.16. The highest BCUT2D eigenvalue weighted by molar-refractivity contribution is 7.90. The van der Waals surface area contributed by atoms with Crippen molar-refractivity contribution in [1.82, 2.24) is 19.6 Å². The molecule has 0 atom stereocenters. The summed E-state index contributed by atoms with van der Waals surface area (Å²) in [5.74, 6) is 0. The zero-order valence-electron chi connectivity index (χ0n) is 16.8. The van der Waals surface area contributed by atoms with Crippen molar-refractivity contribution in [2.24, 2.45) is 0 Å². The van der Waals surface area contributed by atoms with Crippen molar-refractivity contribution >= 4 is 9.84 Å². The first-order valence-corrected chi connectivity index (χ1v) is 11.2. The Labute approximate surface area is 174 Å². The molecule has 30 heavy (non-hydrogen) atoms. The molecule has 2 aromatic heterocycles. The van der Waals surface area contributed by atoms with Crippen LogP contribution in [0, 0.1) is 13.8 Å². The fourth-order valence-corrected chi connectivity index (χ4v) is 3.89. The van der Waals surface area contributed by atoms with Gasteiger partial charge in [0.1, 0.15) is 0 Å². The number of sulfone groups is 1. The number of hydrogen-bond donors (Lipinski definition) is 0. The van der Waals surface area contributed by atoms with Crippen LogP contribution in [0.25, 0.3) is 22.8 Å². The minimum atomic E-state index is -3.36. The smallest absolute Gasteiger partial charge is 0.209 e. The first-order chi connectivity index (χ1) is 14.3. The standard InChI is InChI=1S/C22H20N4O3S/c1-15-6-4-9-19(16(15)2)26-20(10-12-23-26)22-21(27)11-13-25(24-22)17-7-5-8-18(14-17)30(3,28)29/h4-14H,1-3H3. The number of nitrogens with zero attached hydrogens (tertiary/aromatic N) is 4. The molecule has 0 saturated carbocycles. The molecule has 0 aliphatic rings. The Balaban J connectivity index is 1.87. The molecule has 0 bridgehead atoms. The normalized spacial score (nSPS) is 11.6. The van der Waals surface area contributed by atoms with Crippen LogP contribution < -0.4 is 5.43 Å². The van der Waals surface area contributed by atoms with E-state index in [9.17, 15) is 13.2 Å². The van der Waals surface area contributed by atoms with E-state index in [0.29, 0.717) is 11.4 Å². The fraction of sp³-hybridized carbons (Fsp3) is 0.136. The first-order valence-electron chi connectivity index (χ1n) is 9.27. The molecule has 8 heteroatoms. The SMILES string of the molecule is Cc1cccc(-n2nccc2-c2nn(-c3cccc(S(C)(=O)=O)c3)ccc2=O)c1C. The lowest BCUT2D eigenvalue weighted by atomic mass is 10.1. The summed E-state index contributed by atoms with van der Waals surface area (Å²) >= 11 is 0. The van der Waals surface area contributed by atoms with E-state index in [2.05, 4.69) is 10.2 Å². The Morgan fingerprint density at radius 1 is 0.967 bits per heavy atom. The molecule has 4 rings (SSSR count). The van der Waals surface area contributed by atoms with Crippen molar-refractivity contribution in [2.45, 2.75) is 18.7 Å². The molecule has 0 amide bonds. The van der Waals surface area contributed by atoms with Crippen molar-refractivity contribution in [2.75, 3.05) is 6.26 Å². The van der Waals surface area contributed by atoms with Gasteiger partial charge in [-0.15, -0.1) is 0 Å². The predicted molar refractivity (Wildman–Crippen MR) is 115 cm³/mol. The Kier molecular flexibility index (Phi) is 4.87. The van der Waals surface area contributed by atoms with E-state index < -0.39 is 9.84 Å². The monoisotopic (exact) mass is 420 g/mol. The van der Waals surface area contributed by atoms with E-state index in [-0.39, 0.29) is 16.0 Å². The predicted octanol–water partition coefficient (Wildman–Crippen LogP) is 3.11. The third-order valence-electron chi connectivity index (χ3n) is 5.01. The molecule has 0 N–H and O–H groups in total. The van der Waals surface area contributed by atoms with Gasteiger partial charge in [0.15, 0.2) is 15.5 Å². The van der Waals surface area contributed by atoms with Gasteiger partial charge in [0.05, 0.1) is 28.2 Å². The van der Waals surface area contributed by atoms with Gasteiger partial charge in [-0.2, -0.15) is 10.2 Å². The van der Waals surface area contributed by atoms with Crippen LogP contribution in [0.4, 0.5) is 0 Å². The van der Waals surface area contributed by atoms with Crippen LogP contribution >= 0.6 is 0 Å². The van der Waals surface area contributed by atoms with Gasteiger partial charge < -0.3 is 0 Å². The molecule has 0 unspecified atom stereocenters. The first kappa shape index (κ1) is 19.8. The number of rotatable bonds is 4. The molecule has 0 spiro atoms. The quantitative estimate of drug-likeness (QED) is 0.506. The zero-order valence-corrected chi connectivity index (χ0v) is 17.6. The van der Waals surface area contributed by atoms with Crippen molar-refractivity contribution in [1.29, 1.82) is 0 Å². The lowest BCUT2D eigenvalue weighted by molar-refractivity contribution is 0.601. The van der Waals surface area contributed by atoms with E-state index in [4.69, 9.17) is 0 Å². The van der Waals surface area contributed by atoms with E-state index in [1.165, 1.54) is 29.1 Å². The highest BCUT2D eigenvalue weighted by atomic mass is 32.2. The largest absolute Gasteiger partial charge is 0.287 e. The molecular weight excluding hydrogens is 400 g/mol. The van der Waals surface area contributed by atoms with Crippen LogP contribution in [0.1, 0.15) is 11.1 Å². The lowest BCUT2D eigenvalue weighted by Crippen LogP contribution is -2.15. The Bertz CT molecular complexity index is 1420. The third kappa shape index (κ3) is 3.57. The van der Waals surface area contributed by atoms with Crippen LogP contribution in [-0.4, -0.2) is 34.2 Å². The topological polar surface area (TPSA) is 86.8 Å². The second-order valence-electron chi connectivity index (χ2n) is 7.09. The van der Waals surface area contributed by atoms with Crippen molar-refractivity contribution in [3.8, 4) is 22.8 Å². The Hall–Kier alpha value is -3.52. The van der Waals surface area contributed by atoms with Crippen LogP contribution in [0.5, 0.6) is 0 Å². The number of benzene rings is 2. The number of hydrogen-bond acceptors (Lipinski definition) is 5. The minimum Gasteiger partial charge on any atom is -0.287 e. The van der Waals surface area contributed by atoms with Gasteiger partial charge in [-0.3, -0.25) is 4.79 Å². The van der Waals surface area contributed by atoms with Gasteiger partial charge in [-0.05, 0) is 55.3 Å². The van der Waals surface area contributed by atoms with Crippen LogP contribution in [0.15, 0.2) is 76.7 Å². The average molecular weight is 420 g/mol. The Morgan fingerprint density at radius 3 is 2.50 bits per heavy atom. The number of aromatic nitrogens is 4. The molecule has 0 radical (unpaired) electrons. The van der Waals surface area contributed by atoms with Crippen molar-refractivity contribution in [3.63, 3.8) is 0 Å². The third-order valence-corrected chi connectivity index (χ3v) is 6.12. The maximum atomic E-state index is 12.6. The summed E-state index contributed by atoms with van der Waals surface area (Å²) in [4.78, 5) is 12.8. The summed E-state index contributed by atoms with van der Waals surface area (Å²) in [5, 5.41) is 8.90. The lowest BCUT2D eigenvalue weighted by Gasteiger charge is -2.13. The molecule has 152 valence electrons. The molecule has 0 aliphatic heterocycles. The molecule has 4 aromatic rings. The van der Waals surface area contributed by atoms with Gasteiger partial charge in [0, 0.05) is 18.5 Å². The fourth-order valence-electron chi connectivity index (χ4n) is 3.23. The molecule has 0 fully saturated rings. The van der Waals surface area contributed by atoms with E-state index in [0.717, 1.165) is 23.1 Å². The summed E-state index contributed by atoms with van der Waals surface area (Å²) < 4.78 is 27.0. The van der Waals surface area contributed by atoms with Gasteiger partial charge in [0.25, 0.3) is 0 Å². The van der Waals surface area contributed by atoms with Crippen LogP contribution in [0.2, 0.25) is 0 Å². The maximum Gasteiger partial charge on any atom is 0.209 e.